The van der Waals surface area contributed by atoms with Gasteiger partial charge >= 0.3 is 216 Å². The summed E-state index contributed by atoms with van der Waals surface area (Å²) in [6.07, 6.45) is 3.40. The van der Waals surface area contributed by atoms with E-state index in [4.69, 9.17) is 5.04 Å². The Labute approximate surface area is 215 Å². The van der Waals surface area contributed by atoms with Crippen LogP contribution in [0.25, 0.3) is 0 Å². The molecular formula is C24H40O8S2Sn. The Hall–Kier alpha value is -0.0413. The summed E-state index contributed by atoms with van der Waals surface area (Å²) in [5, 5.41) is 0. The molecule has 4 fully saturated rings. The molecule has 200 valence electrons. The number of rotatable bonds is 10. The number of Topliss-reactive ketones (excluding diaryl/α,β-unsaturated/α-hetero) is 2. The van der Waals surface area contributed by atoms with Crippen molar-refractivity contribution in [2.45, 2.75) is 88.9 Å². The molecule has 35 heavy (non-hydrogen) atoms. The summed E-state index contributed by atoms with van der Waals surface area (Å²) in [4.78, 5) is 25.8. The van der Waals surface area contributed by atoms with Gasteiger partial charge in [-0.15, -0.1) is 0 Å². The predicted octanol–water partition coefficient (Wildman–Crippen LogP) is 3.95. The fourth-order valence-corrected chi connectivity index (χ4v) is 27.1. The molecule has 2 unspecified atom stereocenters. The molecule has 11 heteroatoms. The van der Waals surface area contributed by atoms with E-state index in [0.717, 1.165) is 12.8 Å². The molecule has 4 rings (SSSR count). The van der Waals surface area contributed by atoms with Gasteiger partial charge < -0.3 is 0 Å². The molecule has 0 heterocycles. The van der Waals surface area contributed by atoms with E-state index in [1.807, 2.05) is 27.7 Å². The average molecular weight is 639 g/mol. The zero-order chi connectivity index (χ0) is 26.3. The second kappa shape index (κ2) is 8.48. The van der Waals surface area contributed by atoms with E-state index in [2.05, 4.69) is 0 Å². The third-order valence-corrected chi connectivity index (χ3v) is 29.3. The zero-order valence-electron chi connectivity index (χ0n) is 21.8. The van der Waals surface area contributed by atoms with E-state index in [-0.39, 0.29) is 32.3 Å². The van der Waals surface area contributed by atoms with Crippen molar-refractivity contribution in [3.05, 3.63) is 0 Å². The normalized spacial score (nSPS) is 35.8. The summed E-state index contributed by atoms with van der Waals surface area (Å²) in [5.41, 5.74) is -2.88. The summed E-state index contributed by atoms with van der Waals surface area (Å²) in [5.74, 6) is -0.609. The number of hydrogen-bond donors (Lipinski definition) is 0. The fraction of sp³-hybridized carbons (Fsp3) is 0.917. The van der Waals surface area contributed by atoms with Crippen LogP contribution < -0.4 is 0 Å². The quantitative estimate of drug-likeness (QED) is 0.330. The van der Waals surface area contributed by atoms with Crippen molar-refractivity contribution in [1.29, 1.82) is 0 Å². The van der Waals surface area contributed by atoms with Crippen LogP contribution in [-0.2, 0) is 34.9 Å². The van der Waals surface area contributed by atoms with Gasteiger partial charge in [0.05, 0.1) is 0 Å². The monoisotopic (exact) mass is 640 g/mol. The van der Waals surface area contributed by atoms with E-state index in [0.29, 0.717) is 25.7 Å². The van der Waals surface area contributed by atoms with E-state index in [9.17, 15) is 26.4 Å². The standard InChI is InChI=1S/2C10H16O4S.2C2H5.Sn/c2*1-9(2)7-3-4-10(9,8(11)5-7)6-15(12,13)14;2*1-2;/h2*7H,3-6H2,1-2H3,(H,12,13,14);2*1H2,2H3;/q;;;;+2/p-2/t2*7-,10?;;;/m00.../s1. The Balaban J connectivity index is 1.57. The number of ketones is 2. The average Bonchev–Trinajstić information content (AvgIpc) is 3.25. The van der Waals surface area contributed by atoms with Crippen molar-refractivity contribution in [2.75, 3.05) is 11.5 Å². The van der Waals surface area contributed by atoms with Crippen LogP contribution in [0.15, 0.2) is 0 Å². The molecule has 0 aromatic rings. The predicted molar refractivity (Wildman–Crippen MR) is 134 cm³/mol. The first-order chi connectivity index (χ1) is 15.9. The molecule has 0 amide bonds. The van der Waals surface area contributed by atoms with Gasteiger partial charge in [-0.25, -0.2) is 0 Å². The Morgan fingerprint density at radius 3 is 1.31 bits per heavy atom. The van der Waals surface area contributed by atoms with Crippen molar-refractivity contribution in [3.8, 4) is 0 Å². The Morgan fingerprint density at radius 2 is 1.09 bits per heavy atom. The van der Waals surface area contributed by atoms with Crippen molar-refractivity contribution in [1.82, 2.24) is 0 Å². The Morgan fingerprint density at radius 1 is 0.743 bits per heavy atom. The van der Waals surface area contributed by atoms with Crippen molar-refractivity contribution < 1.29 is 31.5 Å². The second-order valence-corrected chi connectivity index (χ2v) is 27.8. The van der Waals surface area contributed by atoms with Gasteiger partial charge in [-0.1, -0.05) is 0 Å². The molecule has 4 aliphatic rings. The van der Waals surface area contributed by atoms with Gasteiger partial charge in [-0.3, -0.25) is 0 Å². The summed E-state index contributed by atoms with van der Waals surface area (Å²) < 4.78 is 65.5. The van der Waals surface area contributed by atoms with Gasteiger partial charge in [0.2, 0.25) is 0 Å². The first kappa shape index (κ1) is 28.0. The third-order valence-electron chi connectivity index (χ3n) is 10.8. The van der Waals surface area contributed by atoms with Crippen LogP contribution in [0.1, 0.15) is 80.1 Å². The van der Waals surface area contributed by atoms with Gasteiger partial charge in [-0.2, -0.15) is 0 Å². The van der Waals surface area contributed by atoms with Crippen LogP contribution in [-0.4, -0.2) is 59.1 Å². The molecule has 0 N–H and O–H groups in total. The van der Waals surface area contributed by atoms with Crippen LogP contribution in [0.2, 0.25) is 8.87 Å². The molecular weight excluding hydrogens is 599 g/mol. The number of carbonyl (C=O) groups excluding carboxylic acids is 2. The SMILES string of the molecule is C[CH2][Sn]([CH2]C)([O]S(=O)(=O)CC12CC[C@@H](CC1=O)C2(C)C)[O]S(=O)(=O)CC12CC[C@@H](CC1=O)C2(C)C. The third kappa shape index (κ3) is 4.10. The summed E-state index contributed by atoms with van der Waals surface area (Å²) >= 11 is -4.70. The summed E-state index contributed by atoms with van der Waals surface area (Å²) in [6, 6.07) is 0. The van der Waals surface area contributed by atoms with Gasteiger partial charge in [0.25, 0.3) is 0 Å². The fourth-order valence-electron chi connectivity index (χ4n) is 7.84. The topological polar surface area (TPSA) is 121 Å². The molecule has 0 radical (unpaired) electrons. The minimum atomic E-state index is -4.70. The van der Waals surface area contributed by atoms with Crippen molar-refractivity contribution >= 4 is 51.0 Å². The van der Waals surface area contributed by atoms with Crippen LogP contribution >= 0.6 is 0 Å². The first-order valence-corrected chi connectivity index (χ1v) is 22.4. The summed E-state index contributed by atoms with van der Waals surface area (Å²) in [6.45, 7) is 11.2. The molecule has 8 nitrogen and oxygen atoms in total. The maximum absolute atomic E-state index is 13.4. The van der Waals surface area contributed by atoms with Gasteiger partial charge in [-0.05, 0) is 0 Å². The zero-order valence-corrected chi connectivity index (χ0v) is 26.3. The van der Waals surface area contributed by atoms with Crippen LogP contribution in [0.4, 0.5) is 0 Å². The molecule has 0 aliphatic heterocycles. The molecule has 0 aromatic carbocycles. The van der Waals surface area contributed by atoms with Gasteiger partial charge in [0.15, 0.2) is 0 Å². The summed E-state index contributed by atoms with van der Waals surface area (Å²) in [7, 11) is -8.45. The number of hydrogen-bond acceptors (Lipinski definition) is 8. The van der Waals surface area contributed by atoms with Crippen molar-refractivity contribution in [3.63, 3.8) is 0 Å². The molecule has 0 saturated heterocycles. The molecule has 4 atom stereocenters. The van der Waals surface area contributed by atoms with E-state index < -0.39 is 72.6 Å². The Bertz CT molecular complexity index is 1050. The minimum absolute atomic E-state index is 0.0369. The van der Waals surface area contributed by atoms with Gasteiger partial charge in [0, 0.05) is 0 Å². The maximum atomic E-state index is 13.4. The van der Waals surface area contributed by atoms with E-state index >= 15 is 0 Å². The first-order valence-electron chi connectivity index (χ1n) is 12.8. The molecule has 4 saturated carbocycles. The van der Waals surface area contributed by atoms with Crippen LogP contribution in [0, 0.1) is 33.5 Å². The number of carbonyl (C=O) groups is 2. The molecule has 0 aromatic heterocycles. The van der Waals surface area contributed by atoms with E-state index in [1.54, 1.807) is 13.8 Å². The van der Waals surface area contributed by atoms with Crippen LogP contribution in [0.5, 0.6) is 0 Å². The molecule has 0 spiro atoms. The van der Waals surface area contributed by atoms with Crippen LogP contribution in [0.3, 0.4) is 0 Å². The second-order valence-electron chi connectivity index (χ2n) is 12.5. The van der Waals surface area contributed by atoms with E-state index in [1.165, 1.54) is 0 Å². The number of fused-ring (bicyclic) bond motifs is 4. The molecule has 4 bridgehead atoms. The Kier molecular flexibility index (Phi) is 6.78. The van der Waals surface area contributed by atoms with Gasteiger partial charge in [0.1, 0.15) is 0 Å². The molecule has 4 aliphatic carbocycles. The van der Waals surface area contributed by atoms with Crippen molar-refractivity contribution in [2.24, 2.45) is 33.5 Å².